The van der Waals surface area contributed by atoms with Crippen LogP contribution in [0.1, 0.15) is 24.2 Å². The molecule has 5 nitrogen and oxygen atoms in total. The van der Waals surface area contributed by atoms with Crippen molar-refractivity contribution in [2.24, 2.45) is 5.92 Å². The van der Waals surface area contributed by atoms with E-state index in [4.69, 9.17) is 11.6 Å². The fraction of sp³-hybridized carbons (Fsp3) is 0.267. The summed E-state index contributed by atoms with van der Waals surface area (Å²) in [5.41, 5.74) is 0.941. The van der Waals surface area contributed by atoms with Crippen molar-refractivity contribution in [1.82, 2.24) is 9.97 Å². The summed E-state index contributed by atoms with van der Waals surface area (Å²) in [5.74, 6) is 0.716. The number of hydrogen-bond donors (Lipinski definition) is 2. The zero-order valence-corrected chi connectivity index (χ0v) is 12.7. The molecule has 0 atom stereocenters. The molecule has 0 saturated carbocycles. The van der Waals surface area contributed by atoms with E-state index < -0.39 is 0 Å². The molecule has 0 saturated heterocycles. The summed E-state index contributed by atoms with van der Waals surface area (Å²) in [7, 11) is 0. The Morgan fingerprint density at radius 3 is 2.52 bits per heavy atom. The molecule has 21 heavy (non-hydrogen) atoms. The van der Waals surface area contributed by atoms with Gasteiger partial charge in [-0.05, 0) is 18.1 Å². The van der Waals surface area contributed by atoms with E-state index in [1.165, 1.54) is 12.4 Å². The number of rotatable bonds is 5. The van der Waals surface area contributed by atoms with Crippen LogP contribution in [0.25, 0.3) is 0 Å². The van der Waals surface area contributed by atoms with Crippen LogP contribution in [0.2, 0.25) is 5.02 Å². The van der Waals surface area contributed by atoms with Gasteiger partial charge < -0.3 is 10.6 Å². The van der Waals surface area contributed by atoms with E-state index in [0.717, 1.165) is 6.54 Å². The van der Waals surface area contributed by atoms with Crippen molar-refractivity contribution in [2.75, 3.05) is 17.2 Å². The number of anilines is 2. The number of para-hydroxylation sites is 1. The molecule has 0 fully saturated rings. The van der Waals surface area contributed by atoms with Crippen LogP contribution in [0.5, 0.6) is 0 Å². The van der Waals surface area contributed by atoms with Gasteiger partial charge in [-0.15, -0.1) is 0 Å². The lowest BCUT2D eigenvalue weighted by molar-refractivity contribution is 0.102. The van der Waals surface area contributed by atoms with Crippen molar-refractivity contribution >= 4 is 29.1 Å². The molecule has 0 aliphatic carbocycles. The van der Waals surface area contributed by atoms with Crippen molar-refractivity contribution < 1.29 is 4.79 Å². The SMILES string of the molecule is CC(C)CNc1ncc(C(=O)Nc2ccccc2Cl)cn1. The normalized spacial score (nSPS) is 10.5. The summed E-state index contributed by atoms with van der Waals surface area (Å²) in [6.45, 7) is 4.97. The molecule has 0 aliphatic heterocycles. The first-order valence-electron chi connectivity index (χ1n) is 6.68. The van der Waals surface area contributed by atoms with E-state index in [-0.39, 0.29) is 5.91 Å². The largest absolute Gasteiger partial charge is 0.354 e. The molecule has 0 unspecified atom stereocenters. The smallest absolute Gasteiger partial charge is 0.258 e. The number of halogens is 1. The molecule has 2 aromatic rings. The Morgan fingerprint density at radius 2 is 1.90 bits per heavy atom. The number of nitrogens with zero attached hydrogens (tertiary/aromatic N) is 2. The monoisotopic (exact) mass is 304 g/mol. The third kappa shape index (κ3) is 4.43. The molecule has 0 spiro atoms. The number of carbonyl (C=O) groups is 1. The Balaban J connectivity index is 2.01. The van der Waals surface area contributed by atoms with Crippen LogP contribution in [0.4, 0.5) is 11.6 Å². The number of aromatic nitrogens is 2. The summed E-state index contributed by atoms with van der Waals surface area (Å²) < 4.78 is 0. The molecule has 2 N–H and O–H groups in total. The molecule has 0 aliphatic rings. The maximum absolute atomic E-state index is 12.1. The number of amides is 1. The number of carbonyl (C=O) groups excluding carboxylic acids is 1. The molecule has 110 valence electrons. The van der Waals surface area contributed by atoms with Crippen molar-refractivity contribution in [3.8, 4) is 0 Å². The quantitative estimate of drug-likeness (QED) is 0.888. The topological polar surface area (TPSA) is 66.9 Å². The van der Waals surface area contributed by atoms with Crippen LogP contribution in [0.3, 0.4) is 0 Å². The molecule has 2 rings (SSSR count). The molecule has 1 amide bonds. The predicted molar refractivity (Wildman–Crippen MR) is 84.8 cm³/mol. The Labute approximate surface area is 128 Å². The van der Waals surface area contributed by atoms with E-state index in [2.05, 4.69) is 34.4 Å². The van der Waals surface area contributed by atoms with Crippen LogP contribution in [-0.4, -0.2) is 22.4 Å². The van der Waals surface area contributed by atoms with Crippen LogP contribution in [0.15, 0.2) is 36.7 Å². The average Bonchev–Trinajstić information content (AvgIpc) is 2.48. The number of benzene rings is 1. The van der Waals surface area contributed by atoms with Gasteiger partial charge in [0.2, 0.25) is 5.95 Å². The van der Waals surface area contributed by atoms with Crippen molar-refractivity contribution in [2.45, 2.75) is 13.8 Å². The lowest BCUT2D eigenvalue weighted by Gasteiger charge is -2.08. The predicted octanol–water partition coefficient (Wildman–Crippen LogP) is 3.45. The fourth-order valence-electron chi connectivity index (χ4n) is 1.59. The number of nitrogens with one attached hydrogen (secondary N) is 2. The highest BCUT2D eigenvalue weighted by Gasteiger charge is 2.09. The Morgan fingerprint density at radius 1 is 1.24 bits per heavy atom. The maximum atomic E-state index is 12.1. The van der Waals surface area contributed by atoms with Gasteiger partial charge in [-0.1, -0.05) is 37.6 Å². The highest BCUT2D eigenvalue weighted by Crippen LogP contribution is 2.21. The van der Waals surface area contributed by atoms with Crippen LogP contribution >= 0.6 is 11.6 Å². The molecule has 1 aromatic carbocycles. The van der Waals surface area contributed by atoms with Crippen LogP contribution < -0.4 is 10.6 Å². The van der Waals surface area contributed by atoms with Gasteiger partial charge in [-0.3, -0.25) is 4.79 Å². The van der Waals surface area contributed by atoms with Crippen LogP contribution in [-0.2, 0) is 0 Å². The average molecular weight is 305 g/mol. The highest BCUT2D eigenvalue weighted by molar-refractivity contribution is 6.33. The third-order valence-corrected chi connectivity index (χ3v) is 3.03. The Bertz CT molecular complexity index is 613. The minimum absolute atomic E-state index is 0.293. The second-order valence-corrected chi connectivity index (χ2v) is 5.41. The minimum atomic E-state index is -0.293. The molecule has 1 heterocycles. The molecule has 6 heteroatoms. The second-order valence-electron chi connectivity index (χ2n) is 5.00. The maximum Gasteiger partial charge on any atom is 0.258 e. The first-order chi connectivity index (χ1) is 10.1. The van der Waals surface area contributed by atoms with Gasteiger partial charge in [0.05, 0.1) is 16.3 Å². The first kappa shape index (κ1) is 15.3. The van der Waals surface area contributed by atoms with Gasteiger partial charge in [-0.25, -0.2) is 9.97 Å². The third-order valence-electron chi connectivity index (χ3n) is 2.70. The summed E-state index contributed by atoms with van der Waals surface area (Å²) >= 11 is 6.00. The summed E-state index contributed by atoms with van der Waals surface area (Å²) in [4.78, 5) is 20.3. The highest BCUT2D eigenvalue weighted by atomic mass is 35.5. The van der Waals surface area contributed by atoms with E-state index >= 15 is 0 Å². The number of hydrogen-bond acceptors (Lipinski definition) is 4. The summed E-state index contributed by atoms with van der Waals surface area (Å²) in [6, 6.07) is 7.06. The van der Waals surface area contributed by atoms with Crippen LogP contribution in [0, 0.1) is 5.92 Å². The zero-order valence-electron chi connectivity index (χ0n) is 11.9. The lowest BCUT2D eigenvalue weighted by Crippen LogP contribution is -2.15. The standard InChI is InChI=1S/C15H17ClN4O/c1-10(2)7-17-15-18-8-11(9-19-15)14(21)20-13-6-4-3-5-12(13)16/h3-6,8-10H,7H2,1-2H3,(H,20,21)(H,17,18,19). The zero-order chi connectivity index (χ0) is 15.2. The minimum Gasteiger partial charge on any atom is -0.354 e. The molecule has 0 bridgehead atoms. The van der Waals surface area contributed by atoms with Gasteiger partial charge >= 0.3 is 0 Å². The fourth-order valence-corrected chi connectivity index (χ4v) is 1.77. The van der Waals surface area contributed by atoms with E-state index in [1.807, 2.05) is 0 Å². The van der Waals surface area contributed by atoms with Gasteiger partial charge in [0.25, 0.3) is 5.91 Å². The van der Waals surface area contributed by atoms with Crippen molar-refractivity contribution in [1.29, 1.82) is 0 Å². The van der Waals surface area contributed by atoms with Gasteiger partial charge in [0, 0.05) is 18.9 Å². The summed E-state index contributed by atoms with van der Waals surface area (Å²) in [6.07, 6.45) is 2.98. The second kappa shape index (κ2) is 7.04. The lowest BCUT2D eigenvalue weighted by atomic mass is 10.2. The molecule has 1 aromatic heterocycles. The van der Waals surface area contributed by atoms with Gasteiger partial charge in [0.1, 0.15) is 0 Å². The van der Waals surface area contributed by atoms with Gasteiger partial charge in [0.15, 0.2) is 0 Å². The molecular weight excluding hydrogens is 288 g/mol. The van der Waals surface area contributed by atoms with E-state index in [9.17, 15) is 4.79 Å². The molecular formula is C15H17ClN4O. The molecule has 0 radical (unpaired) electrons. The van der Waals surface area contributed by atoms with Crippen molar-refractivity contribution in [3.63, 3.8) is 0 Å². The summed E-state index contributed by atoms with van der Waals surface area (Å²) in [5, 5.41) is 6.31. The first-order valence-corrected chi connectivity index (χ1v) is 7.06. The van der Waals surface area contributed by atoms with E-state index in [0.29, 0.717) is 28.1 Å². The van der Waals surface area contributed by atoms with Crippen molar-refractivity contribution in [3.05, 3.63) is 47.2 Å². The van der Waals surface area contributed by atoms with E-state index in [1.54, 1.807) is 24.3 Å². The Kier molecular flexibility index (Phi) is 5.11. The van der Waals surface area contributed by atoms with Gasteiger partial charge in [-0.2, -0.15) is 0 Å². The Hall–Kier alpha value is -2.14.